The Balaban J connectivity index is 1.32. The second-order valence-corrected chi connectivity index (χ2v) is 16.9. The van der Waals surface area contributed by atoms with Crippen LogP contribution in [0.2, 0.25) is 0 Å². The summed E-state index contributed by atoms with van der Waals surface area (Å²) in [6.45, 7) is 0.706. The molecule has 0 saturated carbocycles. The van der Waals surface area contributed by atoms with Crippen molar-refractivity contribution in [1.29, 1.82) is 0 Å². The smallest absolute Gasteiger partial charge is 0.265 e. The van der Waals surface area contributed by atoms with E-state index in [1.807, 2.05) is 36.4 Å². The van der Waals surface area contributed by atoms with Gasteiger partial charge in [-0.3, -0.25) is 9.11 Å². The van der Waals surface area contributed by atoms with Gasteiger partial charge in [-0.2, -0.15) is 21.4 Å². The monoisotopic (exact) mass is 699 g/mol. The van der Waals surface area contributed by atoms with Crippen molar-refractivity contribution < 1.29 is 34.9 Å². The minimum Gasteiger partial charge on any atom is -0.464 e. The highest BCUT2D eigenvalue weighted by Gasteiger charge is 2.30. The van der Waals surface area contributed by atoms with Crippen LogP contribution in [0.25, 0.3) is 48.5 Å². The molecule has 0 bridgehead atoms. The molecule has 0 atom stereocenters. The number of hydrogen-bond acceptors (Lipinski definition) is 9. The van der Waals surface area contributed by atoms with Gasteiger partial charge >= 0.3 is 0 Å². The summed E-state index contributed by atoms with van der Waals surface area (Å²) in [6, 6.07) is 20.3. The molecule has 2 N–H and O–H groups in total. The van der Waals surface area contributed by atoms with Crippen molar-refractivity contribution in [2.75, 3.05) is 23.0 Å². The van der Waals surface area contributed by atoms with E-state index >= 15 is 0 Å². The van der Waals surface area contributed by atoms with Crippen molar-refractivity contribution in [2.45, 2.75) is 24.3 Å². The minimum absolute atomic E-state index is 0.211. The molecular weight excluding hydrogens is 673 g/mol. The van der Waals surface area contributed by atoms with E-state index in [-0.39, 0.29) is 24.3 Å². The van der Waals surface area contributed by atoms with Crippen LogP contribution in [0.15, 0.2) is 86.6 Å². The highest BCUT2D eigenvalue weighted by molar-refractivity contribution is 8.04. The Hall–Kier alpha value is -3.24. The molecule has 0 aliphatic carbocycles. The molecule has 9 nitrogen and oxygen atoms in total. The molecule has 4 heterocycles. The Labute approximate surface area is 271 Å². The van der Waals surface area contributed by atoms with Crippen LogP contribution in [0.4, 0.5) is 5.69 Å². The highest BCUT2D eigenvalue weighted by atomic mass is 32.2. The number of thiazole rings is 1. The Morgan fingerprint density at radius 2 is 1.69 bits per heavy atom. The van der Waals surface area contributed by atoms with Crippen LogP contribution >= 0.6 is 34.4 Å². The number of aryl methyl sites for hydroxylation is 1. The quantitative estimate of drug-likeness (QED) is 0.112. The lowest BCUT2D eigenvalue weighted by atomic mass is 10.0. The van der Waals surface area contributed by atoms with Crippen molar-refractivity contribution in [3.05, 3.63) is 82.3 Å². The molecule has 0 spiro atoms. The molecule has 0 fully saturated rings. The molecule has 7 rings (SSSR count). The molecule has 232 valence electrons. The lowest BCUT2D eigenvalue weighted by Crippen LogP contribution is -2.36. The molecule has 1 aliphatic heterocycles. The van der Waals surface area contributed by atoms with Gasteiger partial charge in [-0.1, -0.05) is 47.4 Å². The summed E-state index contributed by atoms with van der Waals surface area (Å²) in [5.41, 5.74) is 4.76. The number of hydrogen-bond donors (Lipinski definition) is 2. The number of fused-ring (bicyclic) bond motifs is 5. The van der Waals surface area contributed by atoms with Gasteiger partial charge in [0, 0.05) is 33.5 Å². The fraction of sp³-hybridized carbons (Fsp3) is 0.194. The Kier molecular flexibility index (Phi) is 8.01. The number of benzene rings is 3. The van der Waals surface area contributed by atoms with Gasteiger partial charge in [0.2, 0.25) is 5.52 Å². The van der Waals surface area contributed by atoms with E-state index in [1.165, 1.54) is 10.1 Å². The van der Waals surface area contributed by atoms with Gasteiger partial charge < -0.3 is 9.32 Å². The summed E-state index contributed by atoms with van der Waals surface area (Å²) in [7, 11) is -8.26. The van der Waals surface area contributed by atoms with E-state index in [0.29, 0.717) is 18.7 Å². The van der Waals surface area contributed by atoms with Gasteiger partial charge in [-0.15, -0.1) is 11.3 Å². The Bertz CT molecular complexity index is 2340. The summed E-state index contributed by atoms with van der Waals surface area (Å²) in [6.07, 6.45) is 4.10. The minimum atomic E-state index is -4.13. The predicted octanol–water partition coefficient (Wildman–Crippen LogP) is 7.28. The van der Waals surface area contributed by atoms with Crippen LogP contribution in [0.5, 0.6) is 0 Å². The standard InChI is InChI=1S/C31H26N2O7S5/c34-44(35,36)15-3-12-32-24-17-20(23-19-41-26-6-2-1-5-21(23)26)7-9-27(24)42-29(32)18-30-33(13-4-16-45(37,38)39)31-22-11-14-40-25(22)8-10-28(31)43-30/h1-2,5-11,14,17-19H,3-4,12-13,15-16H2,(H-,34,35,36,37,38,39)/p+1. The topological polar surface area (TPSA) is 129 Å². The SMILES string of the molecule is O=S(=O)(O)CCCN1C(=Cc2sc3ccc4occc4c3[n+]2CCCS(=O)(=O)O)Sc2ccc(-c3csc4ccccc34)cc21. The van der Waals surface area contributed by atoms with Gasteiger partial charge in [-0.05, 0) is 53.8 Å². The van der Waals surface area contributed by atoms with Crippen LogP contribution in [0, 0.1) is 0 Å². The maximum absolute atomic E-state index is 11.6. The molecule has 3 aromatic heterocycles. The number of thioether (sulfide) groups is 1. The summed E-state index contributed by atoms with van der Waals surface area (Å²) >= 11 is 4.82. The van der Waals surface area contributed by atoms with Crippen molar-refractivity contribution >= 4 is 97.7 Å². The fourth-order valence-corrected chi connectivity index (χ4v) is 9.98. The molecule has 0 unspecified atom stereocenters. The fourth-order valence-electron chi connectivity index (χ4n) is 5.70. The van der Waals surface area contributed by atoms with E-state index < -0.39 is 20.2 Å². The number of thiophene rings is 1. The Morgan fingerprint density at radius 3 is 2.51 bits per heavy atom. The molecule has 3 aromatic carbocycles. The number of furan rings is 1. The zero-order chi connectivity index (χ0) is 31.3. The van der Waals surface area contributed by atoms with Gasteiger partial charge in [0.1, 0.15) is 10.3 Å². The van der Waals surface area contributed by atoms with Crippen LogP contribution in [-0.4, -0.2) is 44.0 Å². The second-order valence-electron chi connectivity index (χ2n) is 10.7. The molecule has 0 radical (unpaired) electrons. The predicted molar refractivity (Wildman–Crippen MR) is 182 cm³/mol. The summed E-state index contributed by atoms with van der Waals surface area (Å²) < 4.78 is 75.0. The van der Waals surface area contributed by atoms with Crippen LogP contribution in [0.3, 0.4) is 0 Å². The first-order valence-electron chi connectivity index (χ1n) is 14.0. The van der Waals surface area contributed by atoms with E-state index in [9.17, 15) is 25.9 Å². The lowest BCUT2D eigenvalue weighted by molar-refractivity contribution is -0.667. The number of aromatic nitrogens is 1. The zero-order valence-electron chi connectivity index (χ0n) is 23.6. The third kappa shape index (κ3) is 6.28. The maximum Gasteiger partial charge on any atom is 0.265 e. The maximum atomic E-state index is 11.6. The number of anilines is 1. The van der Waals surface area contributed by atoms with Crippen molar-refractivity contribution in [3.8, 4) is 11.1 Å². The molecule has 14 heteroatoms. The van der Waals surface area contributed by atoms with Crippen LogP contribution in [0.1, 0.15) is 17.8 Å². The van der Waals surface area contributed by atoms with Gasteiger partial charge in [0.15, 0.2) is 6.54 Å². The van der Waals surface area contributed by atoms with E-state index in [1.54, 1.807) is 40.7 Å². The summed E-state index contributed by atoms with van der Waals surface area (Å²) in [5.74, 6) is -0.723. The van der Waals surface area contributed by atoms with Gasteiger partial charge in [-0.25, -0.2) is 0 Å². The Morgan fingerprint density at radius 1 is 0.889 bits per heavy atom. The van der Waals surface area contributed by atoms with E-state index in [2.05, 4.69) is 45.2 Å². The third-order valence-electron chi connectivity index (χ3n) is 7.66. The first kappa shape index (κ1) is 30.4. The van der Waals surface area contributed by atoms with Crippen molar-refractivity contribution in [1.82, 2.24) is 0 Å². The molecule has 45 heavy (non-hydrogen) atoms. The number of nitrogens with zero attached hydrogens (tertiary/aromatic N) is 2. The average Bonchev–Trinajstić information content (AvgIpc) is 3.76. The largest absolute Gasteiger partial charge is 0.464 e. The average molecular weight is 700 g/mol. The molecule has 1 aliphatic rings. The zero-order valence-corrected chi connectivity index (χ0v) is 27.7. The van der Waals surface area contributed by atoms with Crippen molar-refractivity contribution in [3.63, 3.8) is 0 Å². The normalized spacial score (nSPS) is 14.8. The highest BCUT2D eigenvalue weighted by Crippen LogP contribution is 2.49. The van der Waals surface area contributed by atoms with Crippen molar-refractivity contribution in [2.24, 2.45) is 0 Å². The molecular formula is C31H27N2O7S5+. The molecule has 0 saturated heterocycles. The number of rotatable bonds is 10. The van der Waals surface area contributed by atoms with Crippen LogP contribution in [-0.2, 0) is 26.8 Å². The first-order chi connectivity index (χ1) is 21.5. The van der Waals surface area contributed by atoms with E-state index in [4.69, 9.17) is 4.42 Å². The third-order valence-corrected chi connectivity index (χ3v) is 12.4. The molecule has 0 amide bonds. The lowest BCUT2D eigenvalue weighted by Gasteiger charge is -2.20. The first-order valence-corrected chi connectivity index (χ1v) is 19.8. The summed E-state index contributed by atoms with van der Waals surface area (Å²) in [5, 5.41) is 5.97. The molecule has 6 aromatic rings. The summed E-state index contributed by atoms with van der Waals surface area (Å²) in [4.78, 5) is 3.11. The van der Waals surface area contributed by atoms with Gasteiger partial charge in [0.05, 0.1) is 39.9 Å². The second kappa shape index (κ2) is 11.8. The van der Waals surface area contributed by atoms with Gasteiger partial charge in [0.25, 0.3) is 25.2 Å². The van der Waals surface area contributed by atoms with Crippen LogP contribution < -0.4 is 9.47 Å². The van der Waals surface area contributed by atoms with E-state index in [0.717, 1.165) is 47.3 Å².